The van der Waals surface area contributed by atoms with Gasteiger partial charge in [-0.15, -0.1) is 0 Å². The summed E-state index contributed by atoms with van der Waals surface area (Å²) in [6, 6.07) is 14.6. The number of aromatic amines is 1. The molecule has 0 unspecified atom stereocenters. The highest BCUT2D eigenvalue weighted by molar-refractivity contribution is 6.29. The zero-order valence-corrected chi connectivity index (χ0v) is 17.3. The fourth-order valence-electron chi connectivity index (χ4n) is 3.20. The minimum atomic E-state index is -0.166. The number of rotatable bonds is 2. The first-order chi connectivity index (χ1) is 15.7. The van der Waals surface area contributed by atoms with Crippen molar-refractivity contribution in [2.75, 3.05) is 0 Å². The molecule has 0 amide bonds. The minimum absolute atomic E-state index is 0.166. The van der Waals surface area contributed by atoms with Gasteiger partial charge in [0.05, 0.1) is 34.6 Å². The summed E-state index contributed by atoms with van der Waals surface area (Å²) in [5.41, 5.74) is 3.41. The molecule has 6 heterocycles. The Kier molecular flexibility index (Phi) is 5.14. The lowest BCUT2D eigenvalue weighted by molar-refractivity contribution is 0.961. The van der Waals surface area contributed by atoms with Crippen LogP contribution in [0.15, 0.2) is 90.5 Å². The van der Waals surface area contributed by atoms with Crippen LogP contribution in [0.2, 0.25) is 5.15 Å². The van der Waals surface area contributed by atoms with Crippen molar-refractivity contribution in [3.63, 3.8) is 0 Å². The van der Waals surface area contributed by atoms with Crippen molar-refractivity contribution in [2.24, 2.45) is 0 Å². The first-order valence-corrected chi connectivity index (χ1v) is 9.96. The van der Waals surface area contributed by atoms with Crippen LogP contribution in [0.4, 0.5) is 0 Å². The second kappa shape index (κ2) is 8.40. The topological polar surface area (TPSA) is 106 Å². The zero-order chi connectivity index (χ0) is 21.9. The molecule has 1 N–H and O–H groups in total. The average molecular weight is 443 g/mol. The van der Waals surface area contributed by atoms with Gasteiger partial charge in [0, 0.05) is 30.9 Å². The van der Waals surface area contributed by atoms with Gasteiger partial charge in [-0.25, -0.2) is 24.0 Å². The van der Waals surface area contributed by atoms with Gasteiger partial charge >= 0.3 is 0 Å². The molecule has 0 saturated heterocycles. The summed E-state index contributed by atoms with van der Waals surface area (Å²) in [7, 11) is 0. The molecular formula is C22H15ClN8O. The third-order valence-electron chi connectivity index (χ3n) is 4.64. The van der Waals surface area contributed by atoms with Gasteiger partial charge in [0.2, 0.25) is 0 Å². The molecule has 6 aromatic rings. The molecule has 6 rings (SSSR count). The van der Waals surface area contributed by atoms with Crippen molar-refractivity contribution in [3.05, 3.63) is 101 Å². The average Bonchev–Trinajstić information content (AvgIpc) is 3.44. The summed E-state index contributed by atoms with van der Waals surface area (Å²) in [5.74, 6) is 1.13. The van der Waals surface area contributed by atoms with E-state index in [1.807, 2.05) is 48.8 Å². The van der Waals surface area contributed by atoms with E-state index in [9.17, 15) is 4.79 Å². The third kappa shape index (κ3) is 3.84. The van der Waals surface area contributed by atoms with E-state index in [1.165, 1.54) is 12.3 Å². The summed E-state index contributed by atoms with van der Waals surface area (Å²) >= 11 is 5.83. The van der Waals surface area contributed by atoms with Crippen LogP contribution in [0.25, 0.3) is 33.8 Å². The number of nitrogens with zero attached hydrogens (tertiary/aromatic N) is 7. The van der Waals surface area contributed by atoms with Gasteiger partial charge in [-0.05, 0) is 30.3 Å². The second-order valence-electron chi connectivity index (χ2n) is 6.66. The summed E-state index contributed by atoms with van der Waals surface area (Å²) in [4.78, 5) is 26.4. The highest BCUT2D eigenvalue weighted by Crippen LogP contribution is 2.21. The maximum absolute atomic E-state index is 11.2. The molecule has 156 valence electrons. The Balaban J connectivity index is 0.000000135. The molecule has 0 aliphatic heterocycles. The van der Waals surface area contributed by atoms with Crippen LogP contribution >= 0.6 is 11.6 Å². The first-order valence-electron chi connectivity index (χ1n) is 9.58. The number of halogens is 1. The fourth-order valence-corrected chi connectivity index (χ4v) is 3.33. The van der Waals surface area contributed by atoms with E-state index in [4.69, 9.17) is 11.6 Å². The predicted molar refractivity (Wildman–Crippen MR) is 120 cm³/mol. The minimum Gasteiger partial charge on any atom is -0.306 e. The Labute approximate surface area is 186 Å². The molecule has 0 saturated carbocycles. The van der Waals surface area contributed by atoms with E-state index in [2.05, 4.69) is 30.1 Å². The quantitative estimate of drug-likeness (QED) is 0.411. The van der Waals surface area contributed by atoms with Crippen LogP contribution < -0.4 is 5.56 Å². The van der Waals surface area contributed by atoms with Gasteiger partial charge in [-0.1, -0.05) is 23.7 Å². The van der Waals surface area contributed by atoms with Crippen LogP contribution in [0, 0.1) is 0 Å². The molecule has 0 bridgehead atoms. The Morgan fingerprint density at radius 2 is 1.44 bits per heavy atom. The summed E-state index contributed by atoms with van der Waals surface area (Å²) in [5, 5.41) is 8.83. The van der Waals surface area contributed by atoms with Crippen molar-refractivity contribution < 1.29 is 0 Å². The number of hydrogen-bond donors (Lipinski definition) is 1. The predicted octanol–water partition coefficient (Wildman–Crippen LogP) is 3.53. The molecule has 0 atom stereocenters. The Hall–Kier alpha value is -4.37. The molecular weight excluding hydrogens is 428 g/mol. The van der Waals surface area contributed by atoms with Crippen molar-refractivity contribution in [1.82, 2.24) is 39.2 Å². The van der Waals surface area contributed by atoms with Crippen molar-refractivity contribution in [1.29, 1.82) is 0 Å². The van der Waals surface area contributed by atoms with Crippen LogP contribution in [0.1, 0.15) is 0 Å². The Morgan fingerprint density at radius 3 is 2.12 bits per heavy atom. The third-order valence-corrected chi connectivity index (χ3v) is 4.85. The van der Waals surface area contributed by atoms with Gasteiger partial charge in [0.15, 0.2) is 5.82 Å². The summed E-state index contributed by atoms with van der Waals surface area (Å²) in [6.45, 7) is 0. The molecule has 0 spiro atoms. The van der Waals surface area contributed by atoms with Gasteiger partial charge in [-0.2, -0.15) is 10.2 Å². The molecule has 0 radical (unpaired) electrons. The van der Waals surface area contributed by atoms with Crippen LogP contribution in [0.3, 0.4) is 0 Å². The zero-order valence-electron chi connectivity index (χ0n) is 16.5. The Morgan fingerprint density at radius 1 is 0.781 bits per heavy atom. The standard InChI is InChI=1S/C11H7ClN4.C11H8N4O/c12-10-4-5-13-11(15-10)8-7-14-16-6-2-1-3-9(8)16;16-10-4-5-12-11(14-10)8-7-13-15-6-2-1-3-9(8)15/h1-7H;1-7H,(H,12,14,16). The van der Waals surface area contributed by atoms with Crippen molar-refractivity contribution >= 4 is 22.6 Å². The number of fused-ring (bicyclic) bond motifs is 2. The van der Waals surface area contributed by atoms with E-state index in [0.29, 0.717) is 16.8 Å². The monoisotopic (exact) mass is 442 g/mol. The summed E-state index contributed by atoms with van der Waals surface area (Å²) in [6.07, 6.45) is 10.3. The number of aromatic nitrogens is 8. The lowest BCUT2D eigenvalue weighted by atomic mass is 10.2. The maximum atomic E-state index is 11.2. The van der Waals surface area contributed by atoms with Crippen molar-refractivity contribution in [2.45, 2.75) is 0 Å². The van der Waals surface area contributed by atoms with Crippen LogP contribution in [-0.2, 0) is 0 Å². The van der Waals surface area contributed by atoms with E-state index in [1.54, 1.807) is 33.7 Å². The van der Waals surface area contributed by atoms with E-state index >= 15 is 0 Å². The highest BCUT2D eigenvalue weighted by atomic mass is 35.5. The number of nitrogens with one attached hydrogen (secondary N) is 1. The first kappa shape index (κ1) is 19.6. The van der Waals surface area contributed by atoms with Crippen LogP contribution in [0.5, 0.6) is 0 Å². The fraction of sp³-hybridized carbons (Fsp3) is 0. The van der Waals surface area contributed by atoms with Crippen molar-refractivity contribution in [3.8, 4) is 22.8 Å². The summed E-state index contributed by atoms with van der Waals surface area (Å²) < 4.78 is 3.52. The molecule has 32 heavy (non-hydrogen) atoms. The maximum Gasteiger partial charge on any atom is 0.251 e. The molecule has 10 heteroatoms. The van der Waals surface area contributed by atoms with Gasteiger partial charge in [-0.3, -0.25) is 4.79 Å². The molecule has 9 nitrogen and oxygen atoms in total. The normalized spacial score (nSPS) is 10.8. The number of pyridine rings is 2. The SMILES string of the molecule is Clc1ccnc(-c2cnn3ccccc23)n1.O=c1ccnc(-c2cnn3ccccc23)[nH]1. The highest BCUT2D eigenvalue weighted by Gasteiger charge is 2.09. The number of hydrogen-bond acceptors (Lipinski definition) is 6. The second-order valence-corrected chi connectivity index (χ2v) is 7.05. The van der Waals surface area contributed by atoms with Gasteiger partial charge in [0.25, 0.3) is 5.56 Å². The van der Waals surface area contributed by atoms with Gasteiger partial charge < -0.3 is 4.98 Å². The van der Waals surface area contributed by atoms with E-state index < -0.39 is 0 Å². The lowest BCUT2D eigenvalue weighted by Crippen LogP contribution is -2.05. The molecule has 0 aromatic carbocycles. The van der Waals surface area contributed by atoms with E-state index in [-0.39, 0.29) is 5.56 Å². The van der Waals surface area contributed by atoms with Crippen LogP contribution in [-0.4, -0.2) is 39.2 Å². The van der Waals surface area contributed by atoms with E-state index in [0.717, 1.165) is 22.2 Å². The largest absolute Gasteiger partial charge is 0.306 e. The number of H-pyrrole nitrogens is 1. The lowest BCUT2D eigenvalue weighted by Gasteiger charge is -1.97. The molecule has 6 aromatic heterocycles. The molecule has 0 aliphatic carbocycles. The Bertz CT molecular complexity index is 1590. The van der Waals surface area contributed by atoms with Gasteiger partial charge in [0.1, 0.15) is 11.0 Å². The smallest absolute Gasteiger partial charge is 0.251 e. The molecule has 0 fully saturated rings. The molecule has 0 aliphatic rings.